The van der Waals surface area contributed by atoms with E-state index in [2.05, 4.69) is 97.0 Å². The Morgan fingerprint density at radius 1 is 1.27 bits per heavy atom. The minimum absolute atomic E-state index is 0.605. The number of nitrogens with two attached hydrogens (primary N) is 1. The summed E-state index contributed by atoms with van der Waals surface area (Å²) in [4.78, 5) is 4.88. The van der Waals surface area contributed by atoms with Crippen LogP contribution in [0.2, 0.25) is 0 Å². The van der Waals surface area contributed by atoms with Gasteiger partial charge in [-0.1, -0.05) is 34.1 Å². The normalized spacial score (nSPS) is 16.2. The van der Waals surface area contributed by atoms with E-state index >= 15 is 0 Å². The third kappa shape index (κ3) is 4.00. The number of aliphatic imine (C=N–C) groups is 1. The topological polar surface area (TPSA) is 43.3 Å². The summed E-state index contributed by atoms with van der Waals surface area (Å²) in [6.45, 7) is 4.81. The van der Waals surface area contributed by atoms with Gasteiger partial charge >= 0.3 is 0 Å². The molecule has 5 heteroatoms. The Labute approximate surface area is 164 Å². The lowest BCUT2D eigenvalue weighted by Gasteiger charge is -2.11. The van der Waals surface area contributed by atoms with Gasteiger partial charge in [-0.15, -0.1) is 0 Å². The summed E-state index contributed by atoms with van der Waals surface area (Å²) in [5.41, 5.74) is 13.8. The van der Waals surface area contributed by atoms with E-state index < -0.39 is 0 Å². The Morgan fingerprint density at radius 3 is 2.73 bits per heavy atom. The molecule has 2 heterocycles. The van der Waals surface area contributed by atoms with Gasteiger partial charge in [0.2, 0.25) is 7.98 Å². The number of nitrogens with zero attached hydrogens (tertiary/aromatic N) is 2. The molecule has 26 heavy (non-hydrogen) atoms. The lowest BCUT2D eigenvalue weighted by atomic mass is 10.0. The largest absolute Gasteiger partial charge is 0.399 e. The summed E-state index contributed by atoms with van der Waals surface area (Å²) < 4.78 is 3.22. The van der Waals surface area contributed by atoms with Crippen LogP contribution in [-0.4, -0.2) is 24.7 Å². The molecule has 0 unspecified atom stereocenters. The van der Waals surface area contributed by atoms with Crippen molar-refractivity contribution in [2.75, 3.05) is 6.54 Å². The SMILES string of the molecule is Bn1cccc1/C(CCN)=C1N=C(/C=C/c2ccc(C)cc2Br)C=C\1C. The Kier molecular flexibility index (Phi) is 5.79. The van der Waals surface area contributed by atoms with E-state index in [1.807, 2.05) is 0 Å². The van der Waals surface area contributed by atoms with Crippen LogP contribution in [0.25, 0.3) is 11.6 Å². The first-order valence-corrected chi connectivity index (χ1v) is 9.55. The first-order chi connectivity index (χ1) is 12.5. The van der Waals surface area contributed by atoms with Crippen molar-refractivity contribution in [3.8, 4) is 0 Å². The van der Waals surface area contributed by atoms with Crippen molar-refractivity contribution in [1.29, 1.82) is 0 Å². The van der Waals surface area contributed by atoms with E-state index in [0.29, 0.717) is 6.54 Å². The molecular formula is C21H23BBrN3. The molecule has 0 bridgehead atoms. The van der Waals surface area contributed by atoms with Gasteiger partial charge in [-0.3, -0.25) is 0 Å². The second kappa shape index (κ2) is 8.06. The fourth-order valence-corrected chi connectivity index (χ4v) is 3.79. The molecule has 0 saturated heterocycles. The van der Waals surface area contributed by atoms with Crippen LogP contribution in [0.5, 0.6) is 0 Å². The van der Waals surface area contributed by atoms with Crippen LogP contribution in [0.3, 0.4) is 0 Å². The van der Waals surface area contributed by atoms with Crippen molar-refractivity contribution in [3.63, 3.8) is 0 Å². The van der Waals surface area contributed by atoms with Gasteiger partial charge in [-0.25, -0.2) is 4.99 Å². The number of aryl methyl sites for hydroxylation is 1. The van der Waals surface area contributed by atoms with E-state index in [-0.39, 0.29) is 0 Å². The molecule has 132 valence electrons. The molecule has 3 rings (SSSR count). The summed E-state index contributed by atoms with van der Waals surface area (Å²) in [5, 5.41) is 0. The van der Waals surface area contributed by atoms with Gasteiger partial charge in [-0.05, 0) is 80.1 Å². The van der Waals surface area contributed by atoms with Gasteiger partial charge in [0.1, 0.15) is 0 Å². The summed E-state index contributed by atoms with van der Waals surface area (Å²) in [5.74, 6) is 0. The highest BCUT2D eigenvalue weighted by atomic mass is 79.9. The van der Waals surface area contributed by atoms with E-state index in [4.69, 9.17) is 10.7 Å². The van der Waals surface area contributed by atoms with Crippen molar-refractivity contribution in [3.05, 3.63) is 81.2 Å². The van der Waals surface area contributed by atoms with Crippen LogP contribution >= 0.6 is 15.9 Å². The first kappa shape index (κ1) is 18.7. The van der Waals surface area contributed by atoms with Crippen LogP contribution in [0, 0.1) is 6.92 Å². The van der Waals surface area contributed by atoms with Gasteiger partial charge in [0.15, 0.2) is 0 Å². The predicted molar refractivity (Wildman–Crippen MR) is 118 cm³/mol. The maximum atomic E-state index is 5.87. The van der Waals surface area contributed by atoms with Crippen molar-refractivity contribution in [1.82, 2.24) is 4.48 Å². The molecule has 0 fully saturated rings. The second-order valence-corrected chi connectivity index (χ2v) is 7.45. The third-order valence-corrected chi connectivity index (χ3v) is 5.19. The summed E-state index contributed by atoms with van der Waals surface area (Å²) in [6.07, 6.45) is 9.16. The average molecular weight is 408 g/mol. The quantitative estimate of drug-likeness (QED) is 0.744. The van der Waals surface area contributed by atoms with E-state index in [1.54, 1.807) is 0 Å². The summed E-state index contributed by atoms with van der Waals surface area (Å²) in [6, 6.07) is 10.5. The van der Waals surface area contributed by atoms with Gasteiger partial charge in [0, 0.05) is 15.7 Å². The lowest BCUT2D eigenvalue weighted by Crippen LogP contribution is -2.05. The molecule has 3 nitrogen and oxygen atoms in total. The van der Waals surface area contributed by atoms with Gasteiger partial charge < -0.3 is 10.2 Å². The van der Waals surface area contributed by atoms with Crippen molar-refractivity contribution < 1.29 is 0 Å². The van der Waals surface area contributed by atoms with Gasteiger partial charge in [0.25, 0.3) is 0 Å². The van der Waals surface area contributed by atoms with Gasteiger partial charge in [0.05, 0.1) is 11.4 Å². The molecule has 0 aliphatic carbocycles. The van der Waals surface area contributed by atoms with Crippen LogP contribution in [0.4, 0.5) is 0 Å². The maximum absolute atomic E-state index is 5.87. The number of hydrogen-bond donors (Lipinski definition) is 1. The monoisotopic (exact) mass is 407 g/mol. The molecule has 2 aromatic rings. The highest BCUT2D eigenvalue weighted by Crippen LogP contribution is 2.31. The third-order valence-electron chi connectivity index (χ3n) is 4.50. The number of rotatable bonds is 5. The molecule has 1 aliphatic rings. The highest BCUT2D eigenvalue weighted by molar-refractivity contribution is 9.10. The van der Waals surface area contributed by atoms with E-state index in [0.717, 1.165) is 27.9 Å². The number of hydrogen-bond acceptors (Lipinski definition) is 2. The zero-order chi connectivity index (χ0) is 18.7. The Morgan fingerprint density at radius 2 is 2.08 bits per heavy atom. The molecule has 1 aliphatic heterocycles. The van der Waals surface area contributed by atoms with Crippen LogP contribution in [-0.2, 0) is 0 Å². The average Bonchev–Trinajstić information content (AvgIpc) is 3.18. The second-order valence-electron chi connectivity index (χ2n) is 6.59. The summed E-state index contributed by atoms with van der Waals surface area (Å²) in [7, 11) is 2.06. The Bertz CT molecular complexity index is 948. The standard InChI is InChI=1S/C21H23BBrN3/c1-14-5-6-16(19(23)12-14)7-8-17-13-15(2)21(25-17)18(9-10-24)20-4-3-11-26(20)22/h3-8,11-13H,9-10,22,24H2,1-2H3/b8-7+,21-18-. The van der Waals surface area contributed by atoms with E-state index in [9.17, 15) is 0 Å². The number of allylic oxidation sites excluding steroid dienone is 3. The number of halogens is 1. The molecule has 0 atom stereocenters. The van der Waals surface area contributed by atoms with Crippen molar-refractivity contribution in [2.24, 2.45) is 10.7 Å². The van der Waals surface area contributed by atoms with Gasteiger partial charge in [-0.2, -0.15) is 0 Å². The number of aromatic nitrogens is 1. The molecule has 0 saturated carbocycles. The first-order valence-electron chi connectivity index (χ1n) is 8.76. The summed E-state index contributed by atoms with van der Waals surface area (Å²) >= 11 is 3.63. The minimum atomic E-state index is 0.605. The van der Waals surface area contributed by atoms with Crippen molar-refractivity contribution in [2.45, 2.75) is 20.3 Å². The van der Waals surface area contributed by atoms with Crippen LogP contribution in [0.1, 0.15) is 30.2 Å². The maximum Gasteiger partial charge on any atom is 0.223 e. The van der Waals surface area contributed by atoms with Crippen LogP contribution in [0.15, 0.2) is 69.4 Å². The lowest BCUT2D eigenvalue weighted by molar-refractivity contribution is 0.997. The Balaban J connectivity index is 1.96. The zero-order valence-corrected chi connectivity index (χ0v) is 17.0. The van der Waals surface area contributed by atoms with Crippen molar-refractivity contribution >= 4 is 41.3 Å². The fraction of sp³-hybridized carbons (Fsp3) is 0.190. The molecule has 1 aromatic carbocycles. The van der Waals surface area contributed by atoms with Crippen LogP contribution < -0.4 is 5.73 Å². The minimum Gasteiger partial charge on any atom is -0.399 e. The predicted octanol–water partition coefficient (Wildman–Crippen LogP) is 4.13. The number of benzene rings is 1. The highest BCUT2D eigenvalue weighted by Gasteiger charge is 2.16. The smallest absolute Gasteiger partial charge is 0.223 e. The molecule has 0 amide bonds. The van der Waals surface area contributed by atoms with E-state index in [1.165, 1.54) is 22.4 Å². The molecule has 2 N–H and O–H groups in total. The molecule has 1 aromatic heterocycles. The molecule has 0 radical (unpaired) electrons. The Hall–Kier alpha value is -2.11. The molecule has 0 spiro atoms. The fourth-order valence-electron chi connectivity index (χ4n) is 3.16. The molecular weight excluding hydrogens is 385 g/mol. The zero-order valence-electron chi connectivity index (χ0n) is 15.5.